The Hall–Kier alpha value is -3.39. The molecule has 5 heteroatoms. The smallest absolute Gasteiger partial charge is 0.276 e. The van der Waals surface area contributed by atoms with Crippen molar-refractivity contribution in [1.82, 2.24) is 9.55 Å². The van der Waals surface area contributed by atoms with Gasteiger partial charge in [-0.2, -0.15) is 5.26 Å². The molecule has 0 bridgehead atoms. The number of aromatic nitrogens is 2. The van der Waals surface area contributed by atoms with Gasteiger partial charge in [0, 0.05) is 17.8 Å². The summed E-state index contributed by atoms with van der Waals surface area (Å²) in [4.78, 5) is 17.8. The molecule has 28 heavy (non-hydrogen) atoms. The zero-order chi connectivity index (χ0) is 19.3. The predicted molar refractivity (Wildman–Crippen MR) is 109 cm³/mol. The summed E-state index contributed by atoms with van der Waals surface area (Å²) < 4.78 is 2.22. The number of carbonyl (C=O) groups excluding carboxylic acids is 1. The zero-order valence-electron chi connectivity index (χ0n) is 15.7. The summed E-state index contributed by atoms with van der Waals surface area (Å²) in [5.74, 6) is 0.688. The van der Waals surface area contributed by atoms with Crippen LogP contribution >= 0.6 is 0 Å². The van der Waals surface area contributed by atoms with Crippen LogP contribution in [0.4, 0.5) is 5.69 Å². The van der Waals surface area contributed by atoms with Gasteiger partial charge in [0.15, 0.2) is 0 Å². The lowest BCUT2D eigenvalue weighted by molar-refractivity contribution is 0.102. The largest absolute Gasteiger partial charge is 0.327 e. The van der Waals surface area contributed by atoms with Gasteiger partial charge in [-0.1, -0.05) is 48.9 Å². The van der Waals surface area contributed by atoms with Gasteiger partial charge in [0.2, 0.25) is 0 Å². The van der Waals surface area contributed by atoms with Crippen molar-refractivity contribution in [1.29, 1.82) is 5.26 Å². The van der Waals surface area contributed by atoms with E-state index in [1.54, 1.807) is 0 Å². The van der Waals surface area contributed by atoms with Crippen LogP contribution in [0.25, 0.3) is 11.4 Å². The number of hydrogen-bond acceptors (Lipinski definition) is 3. The molecule has 3 aromatic rings. The minimum Gasteiger partial charge on any atom is -0.327 e. The lowest BCUT2D eigenvalue weighted by atomic mass is 10.1. The topological polar surface area (TPSA) is 70.7 Å². The highest BCUT2D eigenvalue weighted by Crippen LogP contribution is 2.27. The molecule has 1 amide bonds. The summed E-state index contributed by atoms with van der Waals surface area (Å²) in [5, 5.41) is 11.7. The first-order valence-electron chi connectivity index (χ1n) is 9.68. The summed E-state index contributed by atoms with van der Waals surface area (Å²) in [6.45, 7) is 0.892. The number of benzene rings is 2. The molecular weight excluding hydrogens is 348 g/mol. The van der Waals surface area contributed by atoms with Crippen molar-refractivity contribution in [3.63, 3.8) is 0 Å². The first kappa shape index (κ1) is 18.0. The summed E-state index contributed by atoms with van der Waals surface area (Å²) in [7, 11) is 0. The molecule has 0 fully saturated rings. The number of nitriles is 1. The first-order chi connectivity index (χ1) is 13.8. The summed E-state index contributed by atoms with van der Waals surface area (Å²) in [6.07, 6.45) is 4.57. The standard InChI is InChI=1S/C23H22N4O/c24-15-14-17-10-12-19(13-11-17)25-23(28)21-20-9-5-2-6-16-27(20)22(26-21)18-7-3-1-4-8-18/h1,3-4,7-8,10-13H,2,5-6,9,14,16H2,(H,25,28). The number of fused-ring (bicyclic) bond motifs is 1. The summed E-state index contributed by atoms with van der Waals surface area (Å²) in [5.41, 5.74) is 4.22. The number of hydrogen-bond donors (Lipinski definition) is 1. The van der Waals surface area contributed by atoms with E-state index in [4.69, 9.17) is 10.2 Å². The number of nitrogens with zero attached hydrogens (tertiary/aromatic N) is 3. The van der Waals surface area contributed by atoms with Crippen molar-refractivity contribution in [3.8, 4) is 17.5 Å². The highest BCUT2D eigenvalue weighted by Gasteiger charge is 2.24. The van der Waals surface area contributed by atoms with Crippen LogP contribution in [0.2, 0.25) is 0 Å². The Morgan fingerprint density at radius 2 is 1.86 bits per heavy atom. The van der Waals surface area contributed by atoms with Crippen LogP contribution in [0, 0.1) is 11.3 Å². The molecule has 1 N–H and O–H groups in total. The van der Waals surface area contributed by atoms with Gasteiger partial charge in [-0.25, -0.2) is 4.98 Å². The average Bonchev–Trinajstić information content (AvgIpc) is 2.91. The molecule has 5 nitrogen and oxygen atoms in total. The van der Waals surface area contributed by atoms with Gasteiger partial charge < -0.3 is 9.88 Å². The van der Waals surface area contributed by atoms with E-state index in [1.807, 2.05) is 54.6 Å². The molecule has 0 atom stereocenters. The van der Waals surface area contributed by atoms with Gasteiger partial charge in [-0.05, 0) is 37.0 Å². The van der Waals surface area contributed by atoms with Crippen molar-refractivity contribution < 1.29 is 4.79 Å². The Kier molecular flexibility index (Phi) is 5.20. The van der Waals surface area contributed by atoms with Gasteiger partial charge >= 0.3 is 0 Å². The van der Waals surface area contributed by atoms with Crippen LogP contribution in [-0.4, -0.2) is 15.5 Å². The predicted octanol–water partition coefficient (Wildman–Crippen LogP) is 4.59. The fourth-order valence-corrected chi connectivity index (χ4v) is 3.70. The highest BCUT2D eigenvalue weighted by molar-refractivity contribution is 6.04. The molecule has 0 aliphatic carbocycles. The van der Waals surface area contributed by atoms with Crippen LogP contribution in [0.1, 0.15) is 41.0 Å². The van der Waals surface area contributed by atoms with E-state index in [0.29, 0.717) is 17.8 Å². The maximum absolute atomic E-state index is 13.0. The minimum absolute atomic E-state index is 0.180. The van der Waals surface area contributed by atoms with Gasteiger partial charge in [-0.15, -0.1) is 0 Å². The number of imidazole rings is 1. The molecule has 1 aromatic heterocycles. The minimum atomic E-state index is -0.180. The molecule has 2 aromatic carbocycles. The van der Waals surface area contributed by atoms with Crippen LogP contribution in [-0.2, 0) is 19.4 Å². The Labute approximate surface area is 164 Å². The first-order valence-corrected chi connectivity index (χ1v) is 9.68. The monoisotopic (exact) mass is 370 g/mol. The summed E-state index contributed by atoms with van der Waals surface area (Å²) in [6, 6.07) is 19.6. The van der Waals surface area contributed by atoms with Crippen molar-refractivity contribution in [2.24, 2.45) is 0 Å². The molecule has 0 radical (unpaired) electrons. The molecule has 4 rings (SSSR count). The second-order valence-corrected chi connectivity index (χ2v) is 7.04. The number of nitrogens with one attached hydrogen (secondary N) is 1. The Bertz CT molecular complexity index is 1010. The van der Waals surface area contributed by atoms with Gasteiger partial charge in [0.25, 0.3) is 5.91 Å². The Balaban J connectivity index is 1.66. The Morgan fingerprint density at radius 1 is 1.07 bits per heavy atom. The third-order valence-electron chi connectivity index (χ3n) is 5.11. The van der Waals surface area contributed by atoms with Gasteiger partial charge in [0.05, 0.1) is 18.2 Å². The molecule has 0 saturated heterocycles. The van der Waals surface area contributed by atoms with Crippen molar-refractivity contribution in [2.75, 3.05) is 5.32 Å². The van der Waals surface area contributed by atoms with E-state index in [1.165, 1.54) is 0 Å². The number of rotatable bonds is 4. The zero-order valence-corrected chi connectivity index (χ0v) is 15.7. The molecule has 1 aliphatic rings. The van der Waals surface area contributed by atoms with Crippen molar-refractivity contribution >= 4 is 11.6 Å². The van der Waals surface area contributed by atoms with Crippen molar-refractivity contribution in [2.45, 2.75) is 38.6 Å². The van der Waals surface area contributed by atoms with E-state index >= 15 is 0 Å². The van der Waals surface area contributed by atoms with E-state index in [9.17, 15) is 4.79 Å². The van der Waals surface area contributed by atoms with E-state index in [-0.39, 0.29) is 5.91 Å². The van der Waals surface area contributed by atoms with Gasteiger partial charge in [-0.3, -0.25) is 4.79 Å². The molecular formula is C23H22N4O. The normalized spacial score (nSPS) is 13.2. The molecule has 0 saturated carbocycles. The molecule has 0 unspecified atom stereocenters. The SMILES string of the molecule is N#CCc1ccc(NC(=O)c2nc(-c3ccccc3)n3c2CCCCC3)cc1. The lowest BCUT2D eigenvalue weighted by Gasteiger charge is -2.09. The van der Waals surface area contributed by atoms with Crippen LogP contribution < -0.4 is 5.32 Å². The van der Waals surface area contributed by atoms with Crippen molar-refractivity contribution in [3.05, 3.63) is 71.5 Å². The van der Waals surface area contributed by atoms with E-state index < -0.39 is 0 Å². The summed E-state index contributed by atoms with van der Waals surface area (Å²) >= 11 is 0. The third kappa shape index (κ3) is 3.67. The fourth-order valence-electron chi connectivity index (χ4n) is 3.70. The molecule has 140 valence electrons. The molecule has 1 aliphatic heterocycles. The van der Waals surface area contributed by atoms with Crippen LogP contribution in [0.15, 0.2) is 54.6 Å². The van der Waals surface area contributed by atoms with Crippen LogP contribution in [0.3, 0.4) is 0 Å². The van der Waals surface area contributed by atoms with Gasteiger partial charge in [0.1, 0.15) is 11.5 Å². The molecule has 2 heterocycles. The second-order valence-electron chi connectivity index (χ2n) is 7.04. The number of carbonyl (C=O) groups is 1. The number of anilines is 1. The quantitative estimate of drug-likeness (QED) is 0.730. The average molecular weight is 370 g/mol. The maximum atomic E-state index is 13.0. The highest BCUT2D eigenvalue weighted by atomic mass is 16.1. The third-order valence-corrected chi connectivity index (χ3v) is 5.11. The van der Waals surface area contributed by atoms with Crippen LogP contribution in [0.5, 0.6) is 0 Å². The Morgan fingerprint density at radius 3 is 2.61 bits per heavy atom. The molecule has 0 spiro atoms. The fraction of sp³-hybridized carbons (Fsp3) is 0.261. The lowest BCUT2D eigenvalue weighted by Crippen LogP contribution is -2.15. The maximum Gasteiger partial charge on any atom is 0.276 e. The second kappa shape index (κ2) is 8.10. The van der Waals surface area contributed by atoms with E-state index in [2.05, 4.69) is 16.0 Å². The van der Waals surface area contributed by atoms with E-state index in [0.717, 1.165) is 54.9 Å². The number of amides is 1.